The van der Waals surface area contributed by atoms with E-state index < -0.39 is 0 Å². The van der Waals surface area contributed by atoms with Crippen molar-refractivity contribution in [1.29, 1.82) is 0 Å². The van der Waals surface area contributed by atoms with Crippen LogP contribution in [0.3, 0.4) is 0 Å². The molecule has 2 aromatic carbocycles. The summed E-state index contributed by atoms with van der Waals surface area (Å²) in [6.45, 7) is 11.6. The van der Waals surface area contributed by atoms with Gasteiger partial charge in [0.05, 0.1) is 0 Å². The fourth-order valence-electron chi connectivity index (χ4n) is 5.99. The maximum Gasteiger partial charge on any atom is 0.162 e. The van der Waals surface area contributed by atoms with Gasteiger partial charge in [0, 0.05) is 49.0 Å². The van der Waals surface area contributed by atoms with E-state index in [0.29, 0.717) is 6.04 Å². The predicted molar refractivity (Wildman–Crippen MR) is 150 cm³/mol. The maximum absolute atomic E-state index is 5.31. The van der Waals surface area contributed by atoms with Gasteiger partial charge in [0.2, 0.25) is 0 Å². The van der Waals surface area contributed by atoms with Gasteiger partial charge in [-0.3, -0.25) is 0 Å². The Bertz CT molecular complexity index is 1160. The Kier molecular flexibility index (Phi) is 7.98. The molecule has 1 aromatic heterocycles. The predicted octanol–water partition coefficient (Wildman–Crippen LogP) is 5.20. The highest BCUT2D eigenvalue weighted by molar-refractivity contribution is 5.68. The number of hydrogen-bond donors (Lipinski definition) is 2. The first-order valence-corrected chi connectivity index (χ1v) is 13.9. The van der Waals surface area contributed by atoms with Crippen LogP contribution in [0, 0.1) is 6.92 Å². The molecule has 0 unspecified atom stereocenters. The summed E-state index contributed by atoms with van der Waals surface area (Å²) in [5, 5.41) is 7.38. The number of benzene rings is 2. The molecule has 1 fully saturated rings. The first-order chi connectivity index (χ1) is 17.7. The number of nitrogens with one attached hydrogen (secondary N) is 2. The van der Waals surface area contributed by atoms with Crippen LogP contribution >= 0.6 is 0 Å². The Labute approximate surface area is 216 Å². The minimum Gasteiger partial charge on any atom is -0.354 e. The molecule has 36 heavy (non-hydrogen) atoms. The second-order valence-electron chi connectivity index (χ2n) is 10.2. The first-order valence-electron chi connectivity index (χ1n) is 13.9. The van der Waals surface area contributed by atoms with Crippen molar-refractivity contribution in [2.45, 2.75) is 65.3 Å². The summed E-state index contributed by atoms with van der Waals surface area (Å²) < 4.78 is 0. The number of aryl methyl sites for hydroxylation is 4. The molecule has 1 aliphatic heterocycles. The van der Waals surface area contributed by atoms with Crippen LogP contribution in [0.5, 0.6) is 0 Å². The van der Waals surface area contributed by atoms with Gasteiger partial charge in [-0.15, -0.1) is 0 Å². The fourth-order valence-corrected chi connectivity index (χ4v) is 5.99. The summed E-state index contributed by atoms with van der Waals surface area (Å²) in [7, 11) is 0. The van der Waals surface area contributed by atoms with Gasteiger partial charge in [-0.25, -0.2) is 9.97 Å². The van der Waals surface area contributed by atoms with Gasteiger partial charge in [0.1, 0.15) is 5.82 Å². The lowest BCUT2D eigenvalue weighted by molar-refractivity contribution is 0.462. The molecule has 0 amide bonds. The molecule has 5 rings (SSSR count). The summed E-state index contributed by atoms with van der Waals surface area (Å²) in [6.07, 6.45) is 6.60. The Morgan fingerprint density at radius 2 is 1.72 bits per heavy atom. The molecule has 2 heterocycles. The zero-order valence-electron chi connectivity index (χ0n) is 22.2. The highest BCUT2D eigenvalue weighted by atomic mass is 15.2. The number of nitrogens with zero attached hydrogens (tertiary/aromatic N) is 3. The number of piperazine rings is 1. The zero-order valence-corrected chi connectivity index (χ0v) is 22.2. The number of hydrogen-bond acceptors (Lipinski definition) is 5. The van der Waals surface area contributed by atoms with Crippen LogP contribution in [0.1, 0.15) is 66.2 Å². The average Bonchev–Trinajstić information content (AvgIpc) is 2.93. The molecule has 2 aliphatic rings. The van der Waals surface area contributed by atoms with E-state index in [2.05, 4.69) is 78.8 Å². The normalized spacial score (nSPS) is 17.8. The molecule has 1 atom stereocenters. The quantitative estimate of drug-likeness (QED) is 0.461. The molecule has 0 radical (unpaired) electrons. The second-order valence-corrected chi connectivity index (χ2v) is 10.2. The average molecular weight is 484 g/mol. The van der Waals surface area contributed by atoms with Gasteiger partial charge in [-0.05, 0) is 74.2 Å². The van der Waals surface area contributed by atoms with Crippen molar-refractivity contribution in [1.82, 2.24) is 20.6 Å². The van der Waals surface area contributed by atoms with Gasteiger partial charge < -0.3 is 15.5 Å². The Morgan fingerprint density at radius 1 is 0.972 bits per heavy atom. The number of fused-ring (bicyclic) bond motifs is 1. The SMILES string of the molecule is CCc1cccc(CC)c1-c1nc(C)c(CCN[C@H]2CCCc3ccccc32)c(N2CCNCC2)n1. The topological polar surface area (TPSA) is 53.1 Å². The van der Waals surface area contributed by atoms with Crippen LogP contribution in [0.25, 0.3) is 11.4 Å². The molecule has 0 bridgehead atoms. The van der Waals surface area contributed by atoms with Crippen LogP contribution < -0.4 is 15.5 Å². The van der Waals surface area contributed by atoms with E-state index in [1.54, 1.807) is 0 Å². The largest absolute Gasteiger partial charge is 0.354 e. The van der Waals surface area contributed by atoms with Crippen molar-refractivity contribution in [3.8, 4) is 11.4 Å². The fraction of sp³-hybridized carbons (Fsp3) is 0.484. The number of aromatic nitrogens is 2. The van der Waals surface area contributed by atoms with Gasteiger partial charge >= 0.3 is 0 Å². The van der Waals surface area contributed by atoms with E-state index in [-0.39, 0.29) is 0 Å². The second kappa shape index (κ2) is 11.5. The van der Waals surface area contributed by atoms with E-state index >= 15 is 0 Å². The highest BCUT2D eigenvalue weighted by Crippen LogP contribution is 2.32. The molecule has 3 aromatic rings. The number of rotatable bonds is 8. The summed E-state index contributed by atoms with van der Waals surface area (Å²) in [5.74, 6) is 2.03. The minimum absolute atomic E-state index is 0.446. The van der Waals surface area contributed by atoms with Crippen molar-refractivity contribution in [3.05, 3.63) is 76.0 Å². The molecule has 0 spiro atoms. The van der Waals surface area contributed by atoms with Crippen molar-refractivity contribution in [2.24, 2.45) is 0 Å². The lowest BCUT2D eigenvalue weighted by Gasteiger charge is -2.31. The summed E-state index contributed by atoms with van der Waals surface area (Å²) >= 11 is 0. The summed E-state index contributed by atoms with van der Waals surface area (Å²) in [5.41, 5.74) is 9.32. The molecule has 0 saturated carbocycles. The first kappa shape index (κ1) is 24.9. The Hall–Kier alpha value is -2.76. The minimum atomic E-state index is 0.446. The van der Waals surface area contributed by atoms with Crippen LogP contribution in [-0.4, -0.2) is 42.7 Å². The van der Waals surface area contributed by atoms with Crippen LogP contribution in [-0.2, 0) is 25.7 Å². The lowest BCUT2D eigenvalue weighted by atomic mass is 9.87. The lowest BCUT2D eigenvalue weighted by Crippen LogP contribution is -2.44. The summed E-state index contributed by atoms with van der Waals surface area (Å²) in [4.78, 5) is 12.9. The third kappa shape index (κ3) is 5.18. The molecule has 1 aliphatic carbocycles. The Balaban J connectivity index is 1.45. The summed E-state index contributed by atoms with van der Waals surface area (Å²) in [6, 6.07) is 16.0. The van der Waals surface area contributed by atoms with Gasteiger partial charge in [-0.2, -0.15) is 0 Å². The third-order valence-corrected chi connectivity index (χ3v) is 7.97. The maximum atomic E-state index is 5.31. The van der Waals surface area contributed by atoms with Crippen molar-refractivity contribution < 1.29 is 0 Å². The molecular weight excluding hydrogens is 442 g/mol. The van der Waals surface area contributed by atoms with Crippen LogP contribution in [0.4, 0.5) is 5.82 Å². The Morgan fingerprint density at radius 3 is 2.47 bits per heavy atom. The molecule has 5 nitrogen and oxygen atoms in total. The van der Waals surface area contributed by atoms with Crippen LogP contribution in [0.2, 0.25) is 0 Å². The van der Waals surface area contributed by atoms with Crippen molar-refractivity contribution in [2.75, 3.05) is 37.6 Å². The van der Waals surface area contributed by atoms with Gasteiger partial charge in [0.25, 0.3) is 0 Å². The highest BCUT2D eigenvalue weighted by Gasteiger charge is 2.23. The standard InChI is InChI=1S/C31H41N5/c1-4-23-11-8-12-24(5-2)29(23)30-34-22(3)26(31(35-30)36-20-18-32-19-21-36)16-17-33-28-15-9-13-25-10-6-7-14-27(25)28/h6-8,10-12,14,28,32-33H,4-5,9,13,15-21H2,1-3H3/t28-/m0/s1. The van der Waals surface area contributed by atoms with Crippen molar-refractivity contribution >= 4 is 5.82 Å². The van der Waals surface area contributed by atoms with E-state index in [1.807, 2.05) is 0 Å². The molecule has 190 valence electrons. The van der Waals surface area contributed by atoms with E-state index in [4.69, 9.17) is 9.97 Å². The van der Waals surface area contributed by atoms with Crippen molar-refractivity contribution in [3.63, 3.8) is 0 Å². The molecule has 5 heteroatoms. The van der Waals surface area contributed by atoms with Gasteiger partial charge in [0.15, 0.2) is 5.82 Å². The monoisotopic (exact) mass is 483 g/mol. The van der Waals surface area contributed by atoms with E-state index in [9.17, 15) is 0 Å². The van der Waals surface area contributed by atoms with Crippen LogP contribution in [0.15, 0.2) is 42.5 Å². The van der Waals surface area contributed by atoms with E-state index in [1.165, 1.54) is 52.6 Å². The van der Waals surface area contributed by atoms with Gasteiger partial charge in [-0.1, -0.05) is 56.3 Å². The number of anilines is 1. The molecule has 1 saturated heterocycles. The smallest absolute Gasteiger partial charge is 0.162 e. The zero-order chi connectivity index (χ0) is 24.9. The molecular formula is C31H41N5. The van der Waals surface area contributed by atoms with E-state index in [0.717, 1.165) is 69.3 Å². The third-order valence-electron chi connectivity index (χ3n) is 7.97. The molecule has 2 N–H and O–H groups in total.